The Morgan fingerprint density at radius 1 is 1.32 bits per heavy atom. The molecule has 0 fully saturated rings. The highest BCUT2D eigenvalue weighted by Crippen LogP contribution is 2.23. The standard InChI is InChI=1S/C14H12N2OS2/c15-10-11-3-5-12(6-4-11)16-13(17)7-9-19-14-2-1-8-18-14/h1-6,8H,7,9H2,(H,16,17). The number of thiophene rings is 1. The van der Waals surface area contributed by atoms with Crippen molar-refractivity contribution in [3.8, 4) is 6.07 Å². The zero-order valence-corrected chi connectivity index (χ0v) is 11.8. The number of anilines is 1. The highest BCUT2D eigenvalue weighted by molar-refractivity contribution is 8.01. The molecule has 0 bridgehead atoms. The van der Waals surface area contributed by atoms with Gasteiger partial charge in [-0.3, -0.25) is 4.79 Å². The van der Waals surface area contributed by atoms with E-state index in [1.54, 1.807) is 47.4 Å². The van der Waals surface area contributed by atoms with Crippen molar-refractivity contribution in [3.63, 3.8) is 0 Å². The van der Waals surface area contributed by atoms with Crippen LogP contribution in [0.1, 0.15) is 12.0 Å². The lowest BCUT2D eigenvalue weighted by molar-refractivity contribution is -0.115. The summed E-state index contributed by atoms with van der Waals surface area (Å²) in [5.74, 6) is 0.761. The van der Waals surface area contributed by atoms with Gasteiger partial charge in [-0.1, -0.05) is 6.07 Å². The molecule has 3 nitrogen and oxygen atoms in total. The van der Waals surface area contributed by atoms with E-state index in [1.165, 1.54) is 4.21 Å². The Kier molecular flexibility index (Phi) is 5.01. The lowest BCUT2D eigenvalue weighted by atomic mass is 10.2. The zero-order chi connectivity index (χ0) is 13.5. The van der Waals surface area contributed by atoms with Gasteiger partial charge in [0.2, 0.25) is 5.91 Å². The SMILES string of the molecule is N#Cc1ccc(NC(=O)CCSc2cccs2)cc1. The van der Waals surface area contributed by atoms with E-state index in [0.717, 1.165) is 11.4 Å². The normalized spacial score (nSPS) is 9.84. The van der Waals surface area contributed by atoms with Crippen molar-refractivity contribution in [2.24, 2.45) is 0 Å². The van der Waals surface area contributed by atoms with Gasteiger partial charge in [-0.2, -0.15) is 5.26 Å². The van der Waals surface area contributed by atoms with Crippen LogP contribution in [0.5, 0.6) is 0 Å². The van der Waals surface area contributed by atoms with E-state index in [-0.39, 0.29) is 5.91 Å². The maximum absolute atomic E-state index is 11.7. The van der Waals surface area contributed by atoms with Crippen LogP contribution >= 0.6 is 23.1 Å². The molecular formula is C14H12N2OS2. The van der Waals surface area contributed by atoms with Crippen LogP contribution in [0.4, 0.5) is 5.69 Å². The number of benzene rings is 1. The smallest absolute Gasteiger partial charge is 0.225 e. The van der Waals surface area contributed by atoms with Crippen LogP contribution in [-0.2, 0) is 4.79 Å². The zero-order valence-electron chi connectivity index (χ0n) is 10.1. The van der Waals surface area contributed by atoms with E-state index in [2.05, 4.69) is 5.32 Å². The van der Waals surface area contributed by atoms with Crippen molar-refractivity contribution in [2.45, 2.75) is 10.6 Å². The first-order valence-electron chi connectivity index (χ1n) is 5.74. The van der Waals surface area contributed by atoms with Crippen LogP contribution < -0.4 is 5.32 Å². The predicted octanol–water partition coefficient (Wildman–Crippen LogP) is 3.74. The van der Waals surface area contributed by atoms with Gasteiger partial charge >= 0.3 is 0 Å². The number of rotatable bonds is 5. The Hall–Kier alpha value is -1.77. The summed E-state index contributed by atoms with van der Waals surface area (Å²) in [6, 6.07) is 13.0. The number of hydrogen-bond donors (Lipinski definition) is 1. The van der Waals surface area contributed by atoms with E-state index < -0.39 is 0 Å². The van der Waals surface area contributed by atoms with Gasteiger partial charge in [0.05, 0.1) is 15.8 Å². The number of nitrogens with zero attached hydrogens (tertiary/aromatic N) is 1. The maximum atomic E-state index is 11.7. The molecule has 0 saturated heterocycles. The summed E-state index contributed by atoms with van der Waals surface area (Å²) in [5.41, 5.74) is 1.32. The van der Waals surface area contributed by atoms with Gasteiger partial charge in [-0.05, 0) is 35.7 Å². The first-order valence-corrected chi connectivity index (χ1v) is 7.61. The molecule has 5 heteroatoms. The second-order valence-corrected chi connectivity index (χ2v) is 6.11. The number of amides is 1. The molecule has 1 aromatic carbocycles. The lowest BCUT2D eigenvalue weighted by Gasteiger charge is -2.04. The van der Waals surface area contributed by atoms with Gasteiger partial charge < -0.3 is 5.32 Å². The quantitative estimate of drug-likeness (QED) is 0.853. The van der Waals surface area contributed by atoms with Gasteiger partial charge in [0, 0.05) is 17.9 Å². The van der Waals surface area contributed by atoms with Crippen LogP contribution in [0.2, 0.25) is 0 Å². The topological polar surface area (TPSA) is 52.9 Å². The van der Waals surface area contributed by atoms with Crippen LogP contribution in [-0.4, -0.2) is 11.7 Å². The Morgan fingerprint density at radius 2 is 2.11 bits per heavy atom. The molecule has 1 N–H and O–H groups in total. The summed E-state index contributed by atoms with van der Waals surface area (Å²) in [4.78, 5) is 11.7. The van der Waals surface area contributed by atoms with Crippen molar-refractivity contribution < 1.29 is 4.79 Å². The van der Waals surface area contributed by atoms with Crippen molar-refractivity contribution >= 4 is 34.7 Å². The Morgan fingerprint density at radius 3 is 2.74 bits per heavy atom. The summed E-state index contributed by atoms with van der Waals surface area (Å²) >= 11 is 3.37. The molecule has 1 heterocycles. The van der Waals surface area contributed by atoms with E-state index >= 15 is 0 Å². The molecule has 1 amide bonds. The number of thioether (sulfide) groups is 1. The van der Waals surface area contributed by atoms with E-state index in [1.807, 2.05) is 23.6 Å². The van der Waals surface area contributed by atoms with Gasteiger partial charge in [-0.15, -0.1) is 23.1 Å². The molecule has 0 unspecified atom stereocenters. The van der Waals surface area contributed by atoms with Crippen molar-refractivity contribution in [3.05, 3.63) is 47.3 Å². The molecule has 0 aliphatic rings. The van der Waals surface area contributed by atoms with Crippen LogP contribution in [0, 0.1) is 11.3 Å². The molecule has 2 rings (SSSR count). The van der Waals surface area contributed by atoms with Crippen molar-refractivity contribution in [1.82, 2.24) is 0 Å². The summed E-state index contributed by atoms with van der Waals surface area (Å²) in [5, 5.41) is 13.5. The highest BCUT2D eigenvalue weighted by atomic mass is 32.2. The summed E-state index contributed by atoms with van der Waals surface area (Å²) in [6.45, 7) is 0. The molecular weight excluding hydrogens is 276 g/mol. The molecule has 2 aromatic rings. The molecule has 0 atom stereocenters. The average molecular weight is 288 g/mol. The maximum Gasteiger partial charge on any atom is 0.225 e. The minimum atomic E-state index is -0.00577. The van der Waals surface area contributed by atoms with Gasteiger partial charge in [-0.25, -0.2) is 0 Å². The fourth-order valence-corrected chi connectivity index (χ4v) is 3.24. The summed E-state index contributed by atoms with van der Waals surface area (Å²) in [6.07, 6.45) is 0.475. The van der Waals surface area contributed by atoms with Gasteiger partial charge in [0.25, 0.3) is 0 Å². The van der Waals surface area contributed by atoms with Crippen molar-refractivity contribution in [1.29, 1.82) is 5.26 Å². The third-order valence-electron chi connectivity index (χ3n) is 2.37. The Balaban J connectivity index is 1.76. The average Bonchev–Trinajstić information content (AvgIpc) is 2.93. The Bertz CT molecular complexity index is 570. The summed E-state index contributed by atoms with van der Waals surface area (Å²) < 4.78 is 1.23. The fourth-order valence-electron chi connectivity index (χ4n) is 1.44. The van der Waals surface area contributed by atoms with E-state index in [9.17, 15) is 4.79 Å². The second kappa shape index (κ2) is 6.98. The highest BCUT2D eigenvalue weighted by Gasteiger charge is 2.03. The first-order chi connectivity index (χ1) is 9.28. The molecule has 96 valence electrons. The molecule has 0 spiro atoms. The first kappa shape index (κ1) is 13.7. The van der Waals surface area contributed by atoms with Crippen LogP contribution in [0.3, 0.4) is 0 Å². The lowest BCUT2D eigenvalue weighted by Crippen LogP contribution is -2.11. The number of hydrogen-bond acceptors (Lipinski definition) is 4. The fraction of sp³-hybridized carbons (Fsp3) is 0.143. The predicted molar refractivity (Wildman–Crippen MR) is 79.4 cm³/mol. The molecule has 0 aliphatic carbocycles. The largest absolute Gasteiger partial charge is 0.326 e. The third kappa shape index (κ3) is 4.43. The van der Waals surface area contributed by atoms with Crippen LogP contribution in [0.15, 0.2) is 46.0 Å². The molecule has 19 heavy (non-hydrogen) atoms. The van der Waals surface area contributed by atoms with E-state index in [4.69, 9.17) is 5.26 Å². The third-order valence-corrected chi connectivity index (χ3v) is 4.50. The Labute approximate surface area is 120 Å². The minimum Gasteiger partial charge on any atom is -0.326 e. The van der Waals surface area contributed by atoms with Crippen LogP contribution in [0.25, 0.3) is 0 Å². The molecule has 0 aliphatic heterocycles. The van der Waals surface area contributed by atoms with Gasteiger partial charge in [0.15, 0.2) is 0 Å². The minimum absolute atomic E-state index is 0.00577. The number of nitrogens with one attached hydrogen (secondary N) is 1. The summed E-state index contributed by atoms with van der Waals surface area (Å²) in [7, 11) is 0. The van der Waals surface area contributed by atoms with Crippen molar-refractivity contribution in [2.75, 3.05) is 11.1 Å². The molecule has 0 saturated carbocycles. The van der Waals surface area contributed by atoms with E-state index in [0.29, 0.717) is 12.0 Å². The molecule has 1 aromatic heterocycles. The monoisotopic (exact) mass is 288 g/mol. The van der Waals surface area contributed by atoms with Gasteiger partial charge in [0.1, 0.15) is 0 Å². The number of nitriles is 1. The number of carbonyl (C=O) groups is 1. The number of carbonyl (C=O) groups excluding carboxylic acids is 1. The molecule has 0 radical (unpaired) electrons. The second-order valence-electron chi connectivity index (χ2n) is 3.77.